The van der Waals surface area contributed by atoms with E-state index in [-0.39, 0.29) is 6.04 Å². The van der Waals surface area contributed by atoms with Crippen LogP contribution in [0.3, 0.4) is 0 Å². The molecule has 2 aromatic carbocycles. The molecule has 0 aliphatic carbocycles. The van der Waals surface area contributed by atoms with Gasteiger partial charge in [0.25, 0.3) is 0 Å². The lowest BCUT2D eigenvalue weighted by Crippen LogP contribution is -2.14. The molecule has 3 aromatic rings. The minimum absolute atomic E-state index is 0.0817. The van der Waals surface area contributed by atoms with Gasteiger partial charge >= 0.3 is 0 Å². The zero-order chi connectivity index (χ0) is 15.0. The van der Waals surface area contributed by atoms with E-state index < -0.39 is 0 Å². The molecule has 3 heteroatoms. The molecule has 0 saturated heterocycles. The molecule has 0 radical (unpaired) electrons. The summed E-state index contributed by atoms with van der Waals surface area (Å²) in [6, 6.07) is 14.7. The Morgan fingerprint density at radius 1 is 1.10 bits per heavy atom. The van der Waals surface area contributed by atoms with Crippen LogP contribution in [0.2, 0.25) is 0 Å². The maximum Gasteiger partial charge on any atom is 0.126 e. The fourth-order valence-corrected chi connectivity index (χ4v) is 2.68. The van der Waals surface area contributed by atoms with Crippen molar-refractivity contribution in [2.45, 2.75) is 33.4 Å². The van der Waals surface area contributed by atoms with E-state index in [0.717, 1.165) is 23.4 Å². The van der Waals surface area contributed by atoms with Crippen molar-refractivity contribution in [1.29, 1.82) is 0 Å². The molecule has 1 atom stereocenters. The fraction of sp³-hybridized carbons (Fsp3) is 0.278. The number of rotatable bonds is 3. The van der Waals surface area contributed by atoms with Gasteiger partial charge in [0.2, 0.25) is 0 Å². The number of hydrogen-bond donors (Lipinski definition) is 1. The highest BCUT2D eigenvalue weighted by Crippen LogP contribution is 2.24. The van der Waals surface area contributed by atoms with Crippen LogP contribution in [0.5, 0.6) is 0 Å². The van der Waals surface area contributed by atoms with E-state index in [1.54, 1.807) is 0 Å². The molecular formula is C18H21N3. The third-order valence-corrected chi connectivity index (χ3v) is 3.98. The maximum absolute atomic E-state index is 6.12. The summed E-state index contributed by atoms with van der Waals surface area (Å²) >= 11 is 0. The van der Waals surface area contributed by atoms with Gasteiger partial charge in [0.1, 0.15) is 5.82 Å². The molecule has 1 heterocycles. The van der Waals surface area contributed by atoms with E-state index in [1.165, 1.54) is 16.7 Å². The van der Waals surface area contributed by atoms with Gasteiger partial charge in [0.05, 0.1) is 17.1 Å². The van der Waals surface area contributed by atoms with Gasteiger partial charge in [-0.05, 0) is 49.6 Å². The Bertz CT molecular complexity index is 770. The van der Waals surface area contributed by atoms with Crippen molar-refractivity contribution in [3.8, 4) is 0 Å². The average molecular weight is 279 g/mol. The molecular weight excluding hydrogens is 258 g/mol. The van der Waals surface area contributed by atoms with Crippen molar-refractivity contribution in [3.63, 3.8) is 0 Å². The normalized spacial score (nSPS) is 12.8. The molecule has 0 saturated carbocycles. The number of nitrogens with two attached hydrogens (primary N) is 1. The van der Waals surface area contributed by atoms with E-state index in [9.17, 15) is 0 Å². The predicted molar refractivity (Wildman–Crippen MR) is 87.4 cm³/mol. The van der Waals surface area contributed by atoms with Crippen molar-refractivity contribution in [1.82, 2.24) is 9.55 Å². The predicted octanol–water partition coefficient (Wildman–Crippen LogP) is 3.72. The highest BCUT2D eigenvalue weighted by Gasteiger charge is 2.15. The zero-order valence-electron chi connectivity index (χ0n) is 12.8. The van der Waals surface area contributed by atoms with Gasteiger partial charge in [-0.15, -0.1) is 0 Å². The van der Waals surface area contributed by atoms with Gasteiger partial charge in [-0.3, -0.25) is 0 Å². The van der Waals surface area contributed by atoms with Crippen molar-refractivity contribution >= 4 is 11.0 Å². The molecule has 1 aromatic heterocycles. The van der Waals surface area contributed by atoms with Crippen LogP contribution in [0.1, 0.15) is 35.5 Å². The van der Waals surface area contributed by atoms with Crippen LogP contribution in [0.15, 0.2) is 42.5 Å². The SMILES string of the molecule is Cc1cc2nc(C(C)N)n(Cc3ccccc3)c2cc1C. The molecule has 21 heavy (non-hydrogen) atoms. The average Bonchev–Trinajstić information content (AvgIpc) is 2.79. The number of aromatic nitrogens is 2. The third kappa shape index (κ3) is 2.57. The van der Waals surface area contributed by atoms with Crippen LogP contribution < -0.4 is 5.73 Å². The third-order valence-electron chi connectivity index (χ3n) is 3.98. The Hall–Kier alpha value is -2.13. The summed E-state index contributed by atoms with van der Waals surface area (Å²) in [6.07, 6.45) is 0. The van der Waals surface area contributed by atoms with Crippen LogP contribution >= 0.6 is 0 Å². The molecule has 2 N–H and O–H groups in total. The van der Waals surface area contributed by atoms with Crippen LogP contribution in [0.25, 0.3) is 11.0 Å². The van der Waals surface area contributed by atoms with Gasteiger partial charge in [0.15, 0.2) is 0 Å². The summed E-state index contributed by atoms with van der Waals surface area (Å²) < 4.78 is 2.24. The van der Waals surface area contributed by atoms with Gasteiger partial charge in [-0.2, -0.15) is 0 Å². The monoisotopic (exact) mass is 279 g/mol. The second-order valence-corrected chi connectivity index (χ2v) is 5.76. The highest BCUT2D eigenvalue weighted by atomic mass is 15.1. The Balaban J connectivity index is 2.18. The lowest BCUT2D eigenvalue weighted by atomic mass is 10.1. The van der Waals surface area contributed by atoms with Gasteiger partial charge in [-0.25, -0.2) is 4.98 Å². The lowest BCUT2D eigenvalue weighted by molar-refractivity contribution is 0.664. The minimum atomic E-state index is -0.0817. The highest BCUT2D eigenvalue weighted by molar-refractivity contribution is 5.78. The number of aryl methyl sites for hydroxylation is 2. The molecule has 0 bridgehead atoms. The standard InChI is InChI=1S/C18H21N3/c1-12-9-16-17(10-13(12)2)21(18(20-16)14(3)19)11-15-7-5-4-6-8-15/h4-10,14H,11,19H2,1-3H3. The van der Waals surface area contributed by atoms with Gasteiger partial charge in [-0.1, -0.05) is 30.3 Å². The quantitative estimate of drug-likeness (QED) is 0.794. The second-order valence-electron chi connectivity index (χ2n) is 5.76. The van der Waals surface area contributed by atoms with Crippen LogP contribution in [-0.2, 0) is 6.54 Å². The summed E-state index contributed by atoms with van der Waals surface area (Å²) in [4.78, 5) is 4.75. The van der Waals surface area contributed by atoms with E-state index in [0.29, 0.717) is 0 Å². The van der Waals surface area contributed by atoms with Crippen LogP contribution in [0.4, 0.5) is 0 Å². The van der Waals surface area contributed by atoms with E-state index in [2.05, 4.69) is 54.8 Å². The molecule has 108 valence electrons. The molecule has 1 unspecified atom stereocenters. The first-order valence-corrected chi connectivity index (χ1v) is 7.33. The first-order chi connectivity index (χ1) is 10.1. The largest absolute Gasteiger partial charge is 0.322 e. The summed E-state index contributed by atoms with van der Waals surface area (Å²) in [7, 11) is 0. The Morgan fingerprint density at radius 3 is 2.43 bits per heavy atom. The van der Waals surface area contributed by atoms with Crippen molar-refractivity contribution in [3.05, 3.63) is 65.0 Å². The van der Waals surface area contributed by atoms with E-state index >= 15 is 0 Å². The molecule has 3 rings (SSSR count). The molecule has 0 amide bonds. The molecule has 3 nitrogen and oxygen atoms in total. The molecule has 0 aliphatic heterocycles. The number of hydrogen-bond acceptors (Lipinski definition) is 2. The van der Waals surface area contributed by atoms with Gasteiger partial charge < -0.3 is 10.3 Å². The van der Waals surface area contributed by atoms with Crippen molar-refractivity contribution in [2.24, 2.45) is 5.73 Å². The first kappa shape index (κ1) is 13.8. The molecule has 0 aliphatic rings. The lowest BCUT2D eigenvalue weighted by Gasteiger charge is -2.12. The summed E-state index contributed by atoms with van der Waals surface area (Å²) in [5.74, 6) is 0.943. The number of fused-ring (bicyclic) bond motifs is 1. The Labute approximate surface area is 125 Å². The molecule has 0 spiro atoms. The van der Waals surface area contributed by atoms with Crippen LogP contribution in [0, 0.1) is 13.8 Å². The zero-order valence-corrected chi connectivity index (χ0v) is 12.8. The van der Waals surface area contributed by atoms with Crippen molar-refractivity contribution < 1.29 is 0 Å². The molecule has 0 fully saturated rings. The summed E-state index contributed by atoms with van der Waals surface area (Å²) in [5.41, 5.74) is 12.1. The summed E-state index contributed by atoms with van der Waals surface area (Å²) in [6.45, 7) is 7.05. The number of benzene rings is 2. The van der Waals surface area contributed by atoms with E-state index in [1.807, 2.05) is 13.0 Å². The minimum Gasteiger partial charge on any atom is -0.322 e. The second kappa shape index (κ2) is 5.34. The number of imidazole rings is 1. The van der Waals surface area contributed by atoms with Gasteiger partial charge in [0, 0.05) is 6.54 Å². The smallest absolute Gasteiger partial charge is 0.126 e. The van der Waals surface area contributed by atoms with E-state index in [4.69, 9.17) is 10.7 Å². The van der Waals surface area contributed by atoms with Crippen LogP contribution in [-0.4, -0.2) is 9.55 Å². The topological polar surface area (TPSA) is 43.8 Å². The maximum atomic E-state index is 6.12. The number of nitrogens with zero attached hydrogens (tertiary/aromatic N) is 2. The summed E-state index contributed by atoms with van der Waals surface area (Å²) in [5, 5.41) is 0. The first-order valence-electron chi connectivity index (χ1n) is 7.33. The Morgan fingerprint density at radius 2 is 1.76 bits per heavy atom. The Kier molecular flexibility index (Phi) is 3.52. The fourth-order valence-electron chi connectivity index (χ4n) is 2.68. The van der Waals surface area contributed by atoms with Crippen molar-refractivity contribution in [2.75, 3.05) is 0 Å².